The van der Waals surface area contributed by atoms with E-state index in [2.05, 4.69) is 41.4 Å². The number of piperazine rings is 1. The summed E-state index contributed by atoms with van der Waals surface area (Å²) in [6.07, 6.45) is 7.14. The van der Waals surface area contributed by atoms with Gasteiger partial charge in [0.25, 0.3) is 0 Å². The summed E-state index contributed by atoms with van der Waals surface area (Å²) >= 11 is 0. The Hall–Kier alpha value is -2.04. The van der Waals surface area contributed by atoms with E-state index in [9.17, 15) is 9.59 Å². The zero-order valence-corrected chi connectivity index (χ0v) is 17.5. The number of carbonyl (C=O) groups excluding carboxylic acids is 2. The average molecular weight is 396 g/mol. The Labute approximate surface area is 173 Å². The highest BCUT2D eigenvalue weighted by molar-refractivity contribution is 5.88. The highest BCUT2D eigenvalue weighted by Crippen LogP contribution is 2.60. The van der Waals surface area contributed by atoms with Crippen molar-refractivity contribution in [1.82, 2.24) is 10.2 Å². The predicted octanol–water partition coefficient (Wildman–Crippen LogP) is 2.98. The number of nitrogens with one attached hydrogen (secondary N) is 1. The second-order valence-electron chi connectivity index (χ2n) is 10.1. The molecule has 5 heteroatoms. The van der Waals surface area contributed by atoms with Crippen LogP contribution in [0.3, 0.4) is 0 Å². The first-order valence-corrected chi connectivity index (χ1v) is 11.4. The molecule has 0 spiro atoms. The molecule has 6 rings (SSSR count). The van der Waals surface area contributed by atoms with E-state index < -0.39 is 0 Å². The lowest BCUT2D eigenvalue weighted by molar-refractivity contribution is -0.148. The lowest BCUT2D eigenvalue weighted by atomic mass is 9.49. The van der Waals surface area contributed by atoms with Gasteiger partial charge in [0.15, 0.2) is 0 Å². The highest BCUT2D eigenvalue weighted by atomic mass is 16.2. The summed E-state index contributed by atoms with van der Waals surface area (Å²) in [6.45, 7) is 5.40. The molecule has 1 aliphatic heterocycles. The van der Waals surface area contributed by atoms with E-state index in [-0.39, 0.29) is 23.8 Å². The minimum Gasteiger partial charge on any atom is -0.368 e. The molecule has 0 atom stereocenters. The van der Waals surface area contributed by atoms with E-state index in [1.165, 1.54) is 30.5 Å². The maximum atomic E-state index is 13.1. The number of aryl methyl sites for hydroxylation is 1. The van der Waals surface area contributed by atoms with Gasteiger partial charge in [-0.3, -0.25) is 9.59 Å². The number of rotatable bonds is 4. The molecule has 1 aromatic carbocycles. The second-order valence-corrected chi connectivity index (χ2v) is 10.1. The van der Waals surface area contributed by atoms with E-state index in [4.69, 9.17) is 0 Å². The topological polar surface area (TPSA) is 52.6 Å². The van der Waals surface area contributed by atoms with Gasteiger partial charge in [0.05, 0.1) is 6.54 Å². The van der Waals surface area contributed by atoms with E-state index in [0.29, 0.717) is 0 Å². The highest BCUT2D eigenvalue weighted by Gasteiger charge is 2.54. The van der Waals surface area contributed by atoms with Crippen LogP contribution in [0.1, 0.15) is 44.1 Å². The van der Waals surface area contributed by atoms with Gasteiger partial charge in [0, 0.05) is 37.3 Å². The molecule has 0 aromatic heterocycles. The van der Waals surface area contributed by atoms with Crippen LogP contribution >= 0.6 is 0 Å². The van der Waals surface area contributed by atoms with Gasteiger partial charge < -0.3 is 15.1 Å². The summed E-state index contributed by atoms with van der Waals surface area (Å²) in [5.41, 5.74) is 2.32. The zero-order chi connectivity index (χ0) is 20.0. The van der Waals surface area contributed by atoms with Crippen molar-refractivity contribution in [3.05, 3.63) is 29.8 Å². The number of benzene rings is 1. The Bertz CT molecular complexity index is 762. The van der Waals surface area contributed by atoms with Crippen LogP contribution in [0.2, 0.25) is 0 Å². The molecular weight excluding hydrogens is 362 g/mol. The molecule has 4 aliphatic carbocycles. The van der Waals surface area contributed by atoms with E-state index in [1.807, 2.05) is 4.90 Å². The molecule has 1 N–H and O–H groups in total. The normalized spacial score (nSPS) is 33.1. The summed E-state index contributed by atoms with van der Waals surface area (Å²) in [6, 6.07) is 8.53. The summed E-state index contributed by atoms with van der Waals surface area (Å²) in [5.74, 6) is 2.46. The molecule has 1 saturated heterocycles. The van der Waals surface area contributed by atoms with Crippen molar-refractivity contribution in [2.45, 2.75) is 45.4 Å². The Balaban J connectivity index is 1.13. The molecule has 0 unspecified atom stereocenters. The van der Waals surface area contributed by atoms with Crippen LogP contribution in [0.4, 0.5) is 5.69 Å². The first-order chi connectivity index (χ1) is 14.0. The minimum absolute atomic E-state index is 0.0620. The van der Waals surface area contributed by atoms with Crippen LogP contribution in [0.15, 0.2) is 24.3 Å². The van der Waals surface area contributed by atoms with E-state index in [1.54, 1.807) is 0 Å². The molecule has 4 saturated carbocycles. The first-order valence-electron chi connectivity index (χ1n) is 11.4. The van der Waals surface area contributed by atoms with Gasteiger partial charge in [-0.15, -0.1) is 0 Å². The van der Waals surface area contributed by atoms with Gasteiger partial charge in [-0.1, -0.05) is 12.1 Å². The molecule has 29 heavy (non-hydrogen) atoms. The van der Waals surface area contributed by atoms with Gasteiger partial charge in [-0.05, 0) is 80.9 Å². The van der Waals surface area contributed by atoms with Crippen molar-refractivity contribution < 1.29 is 9.59 Å². The monoisotopic (exact) mass is 395 g/mol. The molecular formula is C24H33N3O2. The van der Waals surface area contributed by atoms with Crippen molar-refractivity contribution in [3.63, 3.8) is 0 Å². The third-order valence-electron chi connectivity index (χ3n) is 7.92. The van der Waals surface area contributed by atoms with Crippen molar-refractivity contribution >= 4 is 17.5 Å². The Kier molecular flexibility index (Phi) is 4.79. The lowest BCUT2D eigenvalue weighted by Gasteiger charge is -2.55. The number of carbonyl (C=O) groups is 2. The lowest BCUT2D eigenvalue weighted by Crippen LogP contribution is -2.56. The number of anilines is 1. The van der Waals surface area contributed by atoms with Crippen LogP contribution in [-0.4, -0.2) is 49.4 Å². The van der Waals surface area contributed by atoms with Crippen LogP contribution < -0.4 is 10.2 Å². The van der Waals surface area contributed by atoms with Crippen molar-refractivity contribution in [2.24, 2.45) is 23.2 Å². The average Bonchev–Trinajstić information content (AvgIpc) is 2.71. The maximum Gasteiger partial charge on any atom is 0.242 e. The Morgan fingerprint density at radius 1 is 1.00 bits per heavy atom. The minimum atomic E-state index is -0.168. The molecule has 2 amide bonds. The largest absolute Gasteiger partial charge is 0.368 e. The third kappa shape index (κ3) is 3.64. The molecule has 156 valence electrons. The molecule has 5 aliphatic rings. The fourth-order valence-electron chi connectivity index (χ4n) is 6.88. The van der Waals surface area contributed by atoms with Crippen molar-refractivity contribution in [2.75, 3.05) is 37.6 Å². The predicted molar refractivity (Wildman–Crippen MR) is 114 cm³/mol. The SMILES string of the molecule is Cc1cccc(N2CCN(C(=O)CNC(=O)C34CC5CC(CC(C5)C3)C4)CC2)c1. The van der Waals surface area contributed by atoms with Crippen LogP contribution in [0, 0.1) is 30.1 Å². The molecule has 1 heterocycles. The van der Waals surface area contributed by atoms with Gasteiger partial charge in [-0.2, -0.15) is 0 Å². The molecule has 4 bridgehead atoms. The fourth-order valence-corrected chi connectivity index (χ4v) is 6.88. The smallest absolute Gasteiger partial charge is 0.242 e. The molecule has 5 fully saturated rings. The zero-order valence-electron chi connectivity index (χ0n) is 17.5. The molecule has 1 aromatic rings. The molecule has 5 nitrogen and oxygen atoms in total. The number of hydrogen-bond donors (Lipinski definition) is 1. The van der Waals surface area contributed by atoms with Crippen molar-refractivity contribution in [1.29, 1.82) is 0 Å². The van der Waals surface area contributed by atoms with Gasteiger partial charge in [0.2, 0.25) is 11.8 Å². The van der Waals surface area contributed by atoms with Gasteiger partial charge in [-0.25, -0.2) is 0 Å². The van der Waals surface area contributed by atoms with Crippen LogP contribution in [0.25, 0.3) is 0 Å². The molecule has 0 radical (unpaired) electrons. The van der Waals surface area contributed by atoms with Gasteiger partial charge >= 0.3 is 0 Å². The second kappa shape index (κ2) is 7.33. The van der Waals surface area contributed by atoms with E-state index >= 15 is 0 Å². The summed E-state index contributed by atoms with van der Waals surface area (Å²) in [5, 5.41) is 3.04. The van der Waals surface area contributed by atoms with Crippen LogP contribution in [-0.2, 0) is 9.59 Å². The van der Waals surface area contributed by atoms with Crippen molar-refractivity contribution in [3.8, 4) is 0 Å². The van der Waals surface area contributed by atoms with Gasteiger partial charge in [0.1, 0.15) is 0 Å². The van der Waals surface area contributed by atoms with E-state index in [0.717, 1.165) is 63.2 Å². The summed E-state index contributed by atoms with van der Waals surface area (Å²) < 4.78 is 0. The standard InChI is InChI=1S/C24H33N3O2/c1-17-3-2-4-21(9-17)26-5-7-27(8-6-26)22(28)16-25-23(29)24-13-18-10-19(14-24)12-20(11-18)15-24/h2-4,9,18-20H,5-8,10-16H2,1H3,(H,25,29). The summed E-state index contributed by atoms with van der Waals surface area (Å²) in [4.78, 5) is 30.0. The first kappa shape index (κ1) is 19.0. The number of amides is 2. The third-order valence-corrected chi connectivity index (χ3v) is 7.92. The quantitative estimate of drug-likeness (QED) is 0.853. The maximum absolute atomic E-state index is 13.1. The number of hydrogen-bond acceptors (Lipinski definition) is 3. The number of nitrogens with zero attached hydrogens (tertiary/aromatic N) is 2. The summed E-state index contributed by atoms with van der Waals surface area (Å²) in [7, 11) is 0. The van der Waals surface area contributed by atoms with Crippen LogP contribution in [0.5, 0.6) is 0 Å². The fraction of sp³-hybridized carbons (Fsp3) is 0.667. The Morgan fingerprint density at radius 3 is 2.21 bits per heavy atom. The Morgan fingerprint density at radius 2 is 1.62 bits per heavy atom.